The van der Waals surface area contributed by atoms with Gasteiger partial charge in [-0.3, -0.25) is 14.4 Å². The SMILES string of the molecule is CCCN(Cc1nc2cc(Cl)ccc2c(=O)[nH]1)C(=O)CN1CCSC1=O. The maximum atomic E-state index is 12.6. The molecule has 9 heteroatoms. The predicted molar refractivity (Wildman–Crippen MR) is 103 cm³/mol. The topological polar surface area (TPSA) is 86.4 Å². The van der Waals surface area contributed by atoms with Gasteiger partial charge in [-0.1, -0.05) is 30.3 Å². The second-order valence-corrected chi connectivity index (χ2v) is 7.51. The van der Waals surface area contributed by atoms with Crippen molar-refractivity contribution in [2.24, 2.45) is 0 Å². The molecule has 0 saturated carbocycles. The largest absolute Gasteiger partial charge is 0.334 e. The molecule has 0 spiro atoms. The molecule has 0 aliphatic carbocycles. The smallest absolute Gasteiger partial charge is 0.282 e. The molecule has 1 fully saturated rings. The van der Waals surface area contributed by atoms with Gasteiger partial charge in [0.1, 0.15) is 12.4 Å². The lowest BCUT2D eigenvalue weighted by Crippen LogP contribution is -2.41. The van der Waals surface area contributed by atoms with Crippen molar-refractivity contribution in [3.8, 4) is 0 Å². The highest BCUT2D eigenvalue weighted by molar-refractivity contribution is 8.13. The number of benzene rings is 1. The third-order valence-corrected chi connectivity index (χ3v) is 5.20. The van der Waals surface area contributed by atoms with Crippen LogP contribution in [-0.4, -0.2) is 56.3 Å². The molecule has 1 aromatic heterocycles. The quantitative estimate of drug-likeness (QED) is 0.813. The highest BCUT2D eigenvalue weighted by Crippen LogP contribution is 2.18. The number of fused-ring (bicyclic) bond motifs is 1. The molecule has 1 saturated heterocycles. The standard InChI is InChI=1S/C17H19ClN4O3S/c1-2-5-21(15(23)10-22-6-7-26-17(22)25)9-14-19-13-8-11(18)3-4-12(13)16(24)20-14/h3-4,8H,2,5-7,9-10H2,1H3,(H,19,20,24). The molecule has 138 valence electrons. The summed E-state index contributed by atoms with van der Waals surface area (Å²) in [7, 11) is 0. The molecule has 0 unspecified atom stereocenters. The van der Waals surface area contributed by atoms with Crippen LogP contribution < -0.4 is 5.56 Å². The number of rotatable bonds is 6. The molecule has 2 heterocycles. The van der Waals surface area contributed by atoms with Crippen molar-refractivity contribution in [1.82, 2.24) is 19.8 Å². The van der Waals surface area contributed by atoms with Crippen molar-refractivity contribution in [2.45, 2.75) is 19.9 Å². The van der Waals surface area contributed by atoms with Crippen molar-refractivity contribution in [3.05, 3.63) is 39.4 Å². The zero-order valence-electron chi connectivity index (χ0n) is 14.3. The summed E-state index contributed by atoms with van der Waals surface area (Å²) in [5.41, 5.74) is 0.225. The average Bonchev–Trinajstić information content (AvgIpc) is 2.99. The highest BCUT2D eigenvalue weighted by atomic mass is 35.5. The Balaban J connectivity index is 1.81. The number of aromatic nitrogens is 2. The van der Waals surface area contributed by atoms with E-state index in [-0.39, 0.29) is 29.8 Å². The molecular formula is C17H19ClN4O3S. The number of hydrogen-bond acceptors (Lipinski definition) is 5. The third-order valence-electron chi connectivity index (χ3n) is 4.08. The zero-order valence-corrected chi connectivity index (χ0v) is 15.9. The Kier molecular flexibility index (Phi) is 5.83. The summed E-state index contributed by atoms with van der Waals surface area (Å²) in [5, 5.41) is 0.876. The van der Waals surface area contributed by atoms with Gasteiger partial charge in [-0.2, -0.15) is 0 Å². The Morgan fingerprint density at radius 2 is 2.23 bits per heavy atom. The lowest BCUT2D eigenvalue weighted by molar-refractivity contribution is -0.132. The maximum absolute atomic E-state index is 12.6. The molecule has 1 N–H and O–H groups in total. The maximum Gasteiger partial charge on any atom is 0.282 e. The van der Waals surface area contributed by atoms with Crippen LogP contribution in [0.5, 0.6) is 0 Å². The molecule has 0 atom stereocenters. The summed E-state index contributed by atoms with van der Waals surface area (Å²) in [6.07, 6.45) is 0.762. The monoisotopic (exact) mass is 394 g/mol. The Morgan fingerprint density at radius 1 is 1.42 bits per heavy atom. The van der Waals surface area contributed by atoms with E-state index in [1.807, 2.05) is 6.92 Å². The fourth-order valence-electron chi connectivity index (χ4n) is 2.81. The van der Waals surface area contributed by atoms with E-state index in [0.29, 0.717) is 40.6 Å². The van der Waals surface area contributed by atoms with Crippen LogP contribution in [0.2, 0.25) is 5.02 Å². The van der Waals surface area contributed by atoms with Crippen LogP contribution in [0.1, 0.15) is 19.2 Å². The van der Waals surface area contributed by atoms with E-state index in [1.165, 1.54) is 11.8 Å². The first-order valence-electron chi connectivity index (χ1n) is 8.36. The van der Waals surface area contributed by atoms with Crippen molar-refractivity contribution >= 4 is 45.4 Å². The van der Waals surface area contributed by atoms with Crippen LogP contribution in [0.15, 0.2) is 23.0 Å². The second-order valence-electron chi connectivity index (χ2n) is 6.03. The number of thioether (sulfide) groups is 1. The zero-order chi connectivity index (χ0) is 18.7. The molecule has 0 radical (unpaired) electrons. The number of carbonyl (C=O) groups is 2. The molecule has 1 aromatic carbocycles. The Hall–Kier alpha value is -2.06. The first-order valence-corrected chi connectivity index (χ1v) is 9.72. The molecule has 7 nitrogen and oxygen atoms in total. The number of nitrogens with zero attached hydrogens (tertiary/aromatic N) is 3. The molecular weight excluding hydrogens is 376 g/mol. The van der Waals surface area contributed by atoms with Crippen molar-refractivity contribution in [2.75, 3.05) is 25.4 Å². The first-order chi connectivity index (χ1) is 12.5. The molecule has 0 bridgehead atoms. The third kappa shape index (κ3) is 4.19. The van der Waals surface area contributed by atoms with Crippen LogP contribution in [0.3, 0.4) is 0 Å². The molecule has 1 aliphatic rings. The molecule has 1 aliphatic heterocycles. The van der Waals surface area contributed by atoms with E-state index in [1.54, 1.807) is 28.0 Å². The second kappa shape index (κ2) is 8.09. The molecule has 2 aromatic rings. The number of carbonyl (C=O) groups excluding carboxylic acids is 2. The summed E-state index contributed by atoms with van der Waals surface area (Å²) < 4.78 is 0. The fourth-order valence-corrected chi connectivity index (χ4v) is 3.80. The number of H-pyrrole nitrogens is 1. The van der Waals surface area contributed by atoms with Crippen LogP contribution in [-0.2, 0) is 11.3 Å². The molecule has 3 rings (SSSR count). The van der Waals surface area contributed by atoms with Gasteiger partial charge in [0.25, 0.3) is 10.8 Å². The molecule has 26 heavy (non-hydrogen) atoms. The van der Waals surface area contributed by atoms with Gasteiger partial charge in [0, 0.05) is 23.9 Å². The summed E-state index contributed by atoms with van der Waals surface area (Å²) in [4.78, 5) is 46.9. The Morgan fingerprint density at radius 3 is 2.92 bits per heavy atom. The Bertz CT molecular complexity index is 901. The lowest BCUT2D eigenvalue weighted by atomic mass is 10.2. The van der Waals surface area contributed by atoms with Crippen LogP contribution in [0.25, 0.3) is 10.9 Å². The summed E-state index contributed by atoms with van der Waals surface area (Å²) in [5.74, 6) is 0.949. The van der Waals surface area contributed by atoms with E-state index in [4.69, 9.17) is 11.6 Å². The van der Waals surface area contributed by atoms with Gasteiger partial charge in [-0.15, -0.1) is 0 Å². The van der Waals surface area contributed by atoms with Crippen LogP contribution >= 0.6 is 23.4 Å². The van der Waals surface area contributed by atoms with E-state index >= 15 is 0 Å². The van der Waals surface area contributed by atoms with Crippen LogP contribution in [0.4, 0.5) is 4.79 Å². The van der Waals surface area contributed by atoms with Gasteiger partial charge < -0.3 is 14.8 Å². The minimum atomic E-state index is -0.267. The van der Waals surface area contributed by atoms with E-state index < -0.39 is 0 Å². The minimum Gasteiger partial charge on any atom is -0.334 e. The number of halogens is 1. The van der Waals surface area contributed by atoms with Gasteiger partial charge in [-0.25, -0.2) is 4.98 Å². The van der Waals surface area contributed by atoms with E-state index in [2.05, 4.69) is 9.97 Å². The van der Waals surface area contributed by atoms with Gasteiger partial charge in [0.15, 0.2) is 0 Å². The van der Waals surface area contributed by atoms with Crippen LogP contribution in [0, 0.1) is 0 Å². The summed E-state index contributed by atoms with van der Waals surface area (Å²) in [6, 6.07) is 4.89. The Labute approximate surface area is 159 Å². The van der Waals surface area contributed by atoms with E-state index in [0.717, 1.165) is 6.42 Å². The predicted octanol–water partition coefficient (Wildman–Crippen LogP) is 2.48. The molecule has 2 amide bonds. The van der Waals surface area contributed by atoms with Gasteiger partial charge in [0.05, 0.1) is 17.4 Å². The highest BCUT2D eigenvalue weighted by Gasteiger charge is 2.25. The fraction of sp³-hybridized carbons (Fsp3) is 0.412. The lowest BCUT2D eigenvalue weighted by Gasteiger charge is -2.24. The number of amides is 2. The van der Waals surface area contributed by atoms with Crippen molar-refractivity contribution < 1.29 is 9.59 Å². The minimum absolute atomic E-state index is 0.0511. The summed E-state index contributed by atoms with van der Waals surface area (Å²) in [6.45, 7) is 3.30. The van der Waals surface area contributed by atoms with Crippen molar-refractivity contribution in [1.29, 1.82) is 0 Å². The van der Waals surface area contributed by atoms with Gasteiger partial charge in [-0.05, 0) is 24.6 Å². The first kappa shape index (κ1) is 18.7. The summed E-state index contributed by atoms with van der Waals surface area (Å²) >= 11 is 7.21. The van der Waals surface area contributed by atoms with Gasteiger partial charge in [0.2, 0.25) is 5.91 Å². The average molecular weight is 395 g/mol. The number of nitrogens with one attached hydrogen (secondary N) is 1. The normalized spacial score (nSPS) is 14.2. The van der Waals surface area contributed by atoms with E-state index in [9.17, 15) is 14.4 Å². The number of hydrogen-bond donors (Lipinski definition) is 1. The van der Waals surface area contributed by atoms with Crippen molar-refractivity contribution in [3.63, 3.8) is 0 Å². The van der Waals surface area contributed by atoms with Gasteiger partial charge >= 0.3 is 0 Å². The number of aromatic amines is 1.